The Kier molecular flexibility index (Phi) is 4.70. The number of hydrogen-bond donors (Lipinski definition) is 1. The number of aliphatic hydroxyl groups is 1. The zero-order valence-corrected chi connectivity index (χ0v) is 12.2. The number of nitro benzene ring substituents is 1. The van der Waals surface area contributed by atoms with Gasteiger partial charge in [-0.2, -0.15) is 5.10 Å². The summed E-state index contributed by atoms with van der Waals surface area (Å²) in [5.74, 6) is 0. The zero-order valence-electron chi connectivity index (χ0n) is 12.2. The van der Waals surface area contributed by atoms with Gasteiger partial charge in [0.2, 0.25) is 0 Å². The number of hydrogen-bond acceptors (Lipinski definition) is 4. The molecular weight excluding hydrogens is 270 g/mol. The average Bonchev–Trinajstić information content (AvgIpc) is 2.84. The van der Waals surface area contributed by atoms with Gasteiger partial charge >= 0.3 is 0 Å². The number of nitrogens with zero attached hydrogens (tertiary/aromatic N) is 3. The van der Waals surface area contributed by atoms with Crippen LogP contribution in [0.3, 0.4) is 0 Å². The molecule has 2 rings (SSSR count). The lowest BCUT2D eigenvalue weighted by atomic mass is 10.1. The molecule has 0 aliphatic heterocycles. The molecule has 0 amide bonds. The molecule has 6 heteroatoms. The van der Waals surface area contributed by atoms with Crippen LogP contribution in [0.15, 0.2) is 24.3 Å². The van der Waals surface area contributed by atoms with Crippen LogP contribution in [0, 0.1) is 10.1 Å². The molecule has 112 valence electrons. The Balaban J connectivity index is 2.45. The Morgan fingerprint density at radius 3 is 2.57 bits per heavy atom. The molecule has 0 bridgehead atoms. The number of nitro groups is 1. The van der Waals surface area contributed by atoms with E-state index in [1.807, 2.05) is 13.8 Å². The Labute approximate surface area is 123 Å². The van der Waals surface area contributed by atoms with Gasteiger partial charge in [0.25, 0.3) is 5.69 Å². The lowest BCUT2D eigenvalue weighted by Gasteiger charge is -2.07. The van der Waals surface area contributed by atoms with Gasteiger partial charge in [-0.1, -0.05) is 32.0 Å². The highest BCUT2D eigenvalue weighted by Crippen LogP contribution is 2.22. The van der Waals surface area contributed by atoms with Gasteiger partial charge in [0, 0.05) is 17.3 Å². The monoisotopic (exact) mass is 289 g/mol. The Morgan fingerprint density at radius 1 is 1.29 bits per heavy atom. The van der Waals surface area contributed by atoms with Crippen LogP contribution >= 0.6 is 0 Å². The molecule has 1 aromatic carbocycles. The number of aromatic nitrogens is 2. The molecule has 1 N–H and O–H groups in total. The average molecular weight is 289 g/mol. The molecule has 6 nitrogen and oxygen atoms in total. The van der Waals surface area contributed by atoms with Crippen LogP contribution in [0.5, 0.6) is 0 Å². The van der Waals surface area contributed by atoms with Crippen molar-refractivity contribution in [3.8, 4) is 0 Å². The summed E-state index contributed by atoms with van der Waals surface area (Å²) >= 11 is 0. The third-order valence-corrected chi connectivity index (χ3v) is 3.59. The number of benzene rings is 1. The van der Waals surface area contributed by atoms with E-state index >= 15 is 0 Å². The second kappa shape index (κ2) is 6.49. The van der Waals surface area contributed by atoms with Crippen molar-refractivity contribution in [2.75, 3.05) is 0 Å². The number of aryl methyl sites for hydroxylation is 1. The first-order valence-electron chi connectivity index (χ1n) is 7.02. The molecule has 0 radical (unpaired) electrons. The maximum atomic E-state index is 11.1. The first-order valence-corrected chi connectivity index (χ1v) is 7.02. The van der Waals surface area contributed by atoms with E-state index in [1.165, 1.54) is 6.07 Å². The highest BCUT2D eigenvalue weighted by atomic mass is 16.6. The molecular formula is C15H19N3O3. The molecule has 1 aromatic heterocycles. The topological polar surface area (TPSA) is 81.2 Å². The molecule has 0 fully saturated rings. The largest absolute Gasteiger partial charge is 0.392 e. The van der Waals surface area contributed by atoms with Crippen molar-refractivity contribution in [2.24, 2.45) is 0 Å². The second-order valence-corrected chi connectivity index (χ2v) is 4.78. The number of rotatable bonds is 6. The van der Waals surface area contributed by atoms with E-state index in [9.17, 15) is 15.2 Å². The summed E-state index contributed by atoms with van der Waals surface area (Å²) in [6.07, 6.45) is 1.45. The van der Waals surface area contributed by atoms with Crippen LogP contribution in [0.1, 0.15) is 36.4 Å². The number of para-hydroxylation sites is 1. The normalized spacial score (nSPS) is 10.8. The van der Waals surface area contributed by atoms with Crippen LogP contribution in [0.2, 0.25) is 0 Å². The van der Waals surface area contributed by atoms with Crippen molar-refractivity contribution in [1.82, 2.24) is 9.78 Å². The van der Waals surface area contributed by atoms with E-state index in [-0.39, 0.29) is 17.2 Å². The lowest BCUT2D eigenvalue weighted by Crippen LogP contribution is -2.08. The smallest absolute Gasteiger partial charge is 0.274 e. The third kappa shape index (κ3) is 2.95. The summed E-state index contributed by atoms with van der Waals surface area (Å²) in [4.78, 5) is 10.7. The summed E-state index contributed by atoms with van der Waals surface area (Å²) in [6.45, 7) is 4.26. The van der Waals surface area contributed by atoms with Crippen LogP contribution in [0.4, 0.5) is 5.69 Å². The first kappa shape index (κ1) is 15.2. The predicted octanol–water partition coefficient (Wildman–Crippen LogP) is 2.46. The van der Waals surface area contributed by atoms with Crippen molar-refractivity contribution >= 4 is 5.69 Å². The Hall–Kier alpha value is -2.21. The van der Waals surface area contributed by atoms with Crippen LogP contribution in [-0.2, 0) is 26.0 Å². The summed E-state index contributed by atoms with van der Waals surface area (Å²) in [5.41, 5.74) is 3.35. The van der Waals surface area contributed by atoms with Crippen molar-refractivity contribution in [2.45, 2.75) is 39.8 Å². The molecule has 0 aliphatic carbocycles. The standard InChI is InChI=1S/C15H19N3O3/c1-3-13-12(10-19)14(4-2)17(16-13)9-11-7-5-6-8-15(11)18(20)21/h5-8,19H,3-4,9-10H2,1-2H3. The van der Waals surface area contributed by atoms with Gasteiger partial charge < -0.3 is 5.11 Å². The van der Waals surface area contributed by atoms with E-state index in [1.54, 1.807) is 22.9 Å². The van der Waals surface area contributed by atoms with Gasteiger partial charge in [-0.3, -0.25) is 14.8 Å². The maximum absolute atomic E-state index is 11.1. The molecule has 0 atom stereocenters. The van der Waals surface area contributed by atoms with Crippen molar-refractivity contribution in [3.63, 3.8) is 0 Å². The molecule has 21 heavy (non-hydrogen) atoms. The highest BCUT2D eigenvalue weighted by molar-refractivity contribution is 5.40. The van der Waals surface area contributed by atoms with E-state index in [0.29, 0.717) is 12.1 Å². The zero-order chi connectivity index (χ0) is 15.4. The third-order valence-electron chi connectivity index (χ3n) is 3.59. The van der Waals surface area contributed by atoms with Crippen molar-refractivity contribution in [1.29, 1.82) is 0 Å². The second-order valence-electron chi connectivity index (χ2n) is 4.78. The fourth-order valence-corrected chi connectivity index (χ4v) is 2.57. The SMILES string of the molecule is CCc1nn(Cc2ccccc2[N+](=O)[O-])c(CC)c1CO. The minimum atomic E-state index is -0.377. The molecule has 0 spiro atoms. The molecule has 0 saturated carbocycles. The quantitative estimate of drug-likeness (QED) is 0.654. The fraction of sp³-hybridized carbons (Fsp3) is 0.400. The van der Waals surface area contributed by atoms with Gasteiger partial charge in [-0.25, -0.2) is 0 Å². The van der Waals surface area contributed by atoms with Crippen LogP contribution < -0.4 is 0 Å². The van der Waals surface area contributed by atoms with E-state index in [0.717, 1.165) is 29.8 Å². The highest BCUT2D eigenvalue weighted by Gasteiger charge is 2.18. The molecule has 0 saturated heterocycles. The van der Waals surface area contributed by atoms with Crippen molar-refractivity contribution in [3.05, 3.63) is 56.9 Å². The maximum Gasteiger partial charge on any atom is 0.274 e. The van der Waals surface area contributed by atoms with E-state index < -0.39 is 0 Å². The summed E-state index contributed by atoms with van der Waals surface area (Å²) in [6, 6.07) is 6.68. The minimum absolute atomic E-state index is 0.0524. The summed E-state index contributed by atoms with van der Waals surface area (Å²) in [7, 11) is 0. The summed E-state index contributed by atoms with van der Waals surface area (Å²) in [5, 5.41) is 25.1. The van der Waals surface area contributed by atoms with Crippen LogP contribution in [0.25, 0.3) is 0 Å². The lowest BCUT2D eigenvalue weighted by molar-refractivity contribution is -0.385. The molecule has 1 heterocycles. The van der Waals surface area contributed by atoms with Gasteiger partial charge in [-0.05, 0) is 12.8 Å². The van der Waals surface area contributed by atoms with Crippen LogP contribution in [-0.4, -0.2) is 19.8 Å². The van der Waals surface area contributed by atoms with Gasteiger partial charge in [-0.15, -0.1) is 0 Å². The molecule has 0 unspecified atom stereocenters. The van der Waals surface area contributed by atoms with E-state index in [2.05, 4.69) is 5.10 Å². The predicted molar refractivity (Wildman–Crippen MR) is 79.1 cm³/mol. The fourth-order valence-electron chi connectivity index (χ4n) is 2.57. The summed E-state index contributed by atoms with van der Waals surface area (Å²) < 4.78 is 1.77. The van der Waals surface area contributed by atoms with Crippen molar-refractivity contribution < 1.29 is 10.0 Å². The molecule has 0 aliphatic rings. The molecule has 2 aromatic rings. The van der Waals surface area contributed by atoms with E-state index in [4.69, 9.17) is 0 Å². The minimum Gasteiger partial charge on any atom is -0.392 e. The first-order chi connectivity index (χ1) is 10.1. The Morgan fingerprint density at radius 2 is 2.00 bits per heavy atom. The van der Waals surface area contributed by atoms with Gasteiger partial charge in [0.15, 0.2) is 0 Å². The Bertz CT molecular complexity index is 650. The van der Waals surface area contributed by atoms with Gasteiger partial charge in [0.1, 0.15) is 0 Å². The van der Waals surface area contributed by atoms with Gasteiger partial charge in [0.05, 0.1) is 29.3 Å². The number of aliphatic hydroxyl groups excluding tert-OH is 1.